The molecule has 2 aromatic carbocycles. The fraction of sp³-hybridized carbons (Fsp3) is 0.433. The zero-order chi connectivity index (χ0) is 27.6. The average Bonchev–Trinajstić information content (AvgIpc) is 3.38. The number of halogens is 1. The molecule has 2 aliphatic heterocycles. The van der Waals surface area contributed by atoms with E-state index in [-0.39, 0.29) is 23.7 Å². The second-order valence-corrected chi connectivity index (χ2v) is 11.2. The fourth-order valence-electron chi connectivity index (χ4n) is 5.37. The zero-order valence-electron chi connectivity index (χ0n) is 22.8. The fourth-order valence-corrected chi connectivity index (χ4v) is 5.37. The van der Waals surface area contributed by atoms with Crippen molar-refractivity contribution in [2.75, 3.05) is 44.2 Å². The van der Waals surface area contributed by atoms with Crippen LogP contribution in [0, 0.1) is 5.82 Å². The lowest BCUT2D eigenvalue weighted by Gasteiger charge is -2.37. The predicted molar refractivity (Wildman–Crippen MR) is 148 cm³/mol. The first-order valence-electron chi connectivity index (χ1n) is 13.6. The number of rotatable bonds is 4. The van der Waals surface area contributed by atoms with E-state index in [0.717, 1.165) is 24.5 Å². The molecule has 9 heteroatoms. The number of piperidine rings is 1. The number of hydrogen-bond donors (Lipinski definition) is 0. The number of amides is 2. The number of carbonyl (C=O) groups is 2. The zero-order valence-corrected chi connectivity index (χ0v) is 22.8. The molecule has 2 saturated heterocycles. The van der Waals surface area contributed by atoms with E-state index in [2.05, 4.69) is 22.1 Å². The monoisotopic (exact) mass is 533 g/mol. The maximum Gasteiger partial charge on any atom is 0.410 e. The number of ether oxygens (including phenoxy) is 1. The third kappa shape index (κ3) is 6.08. The molecular weight excluding hydrogens is 497 g/mol. The maximum absolute atomic E-state index is 14.2. The van der Waals surface area contributed by atoms with Crippen molar-refractivity contribution < 1.29 is 18.7 Å². The highest BCUT2D eigenvalue weighted by molar-refractivity contribution is 5.95. The Morgan fingerprint density at radius 3 is 2.18 bits per heavy atom. The molecular formula is C30H36FN5O3. The Morgan fingerprint density at radius 1 is 0.872 bits per heavy atom. The molecule has 2 fully saturated rings. The van der Waals surface area contributed by atoms with Crippen molar-refractivity contribution in [3.63, 3.8) is 0 Å². The highest BCUT2D eigenvalue weighted by Crippen LogP contribution is 2.33. The van der Waals surface area contributed by atoms with Crippen molar-refractivity contribution >= 4 is 17.7 Å². The minimum atomic E-state index is -0.561. The second-order valence-electron chi connectivity index (χ2n) is 11.2. The highest BCUT2D eigenvalue weighted by Gasteiger charge is 2.34. The summed E-state index contributed by atoms with van der Waals surface area (Å²) < 4.78 is 21.4. The summed E-state index contributed by atoms with van der Waals surface area (Å²) in [5.74, 6) is -0.437. The van der Waals surface area contributed by atoms with Gasteiger partial charge in [-0.15, -0.1) is 0 Å². The molecule has 5 rings (SSSR count). The van der Waals surface area contributed by atoms with Crippen LogP contribution in [-0.2, 0) is 4.74 Å². The van der Waals surface area contributed by atoms with Gasteiger partial charge in [0.25, 0.3) is 5.91 Å². The third-order valence-corrected chi connectivity index (χ3v) is 7.31. The summed E-state index contributed by atoms with van der Waals surface area (Å²) in [5, 5.41) is 4.57. The first kappa shape index (κ1) is 26.7. The maximum atomic E-state index is 14.2. The van der Waals surface area contributed by atoms with Crippen LogP contribution in [0.25, 0.3) is 5.69 Å². The van der Waals surface area contributed by atoms with Gasteiger partial charge in [0.2, 0.25) is 0 Å². The Hall–Kier alpha value is -3.88. The molecule has 0 N–H and O–H groups in total. The summed E-state index contributed by atoms with van der Waals surface area (Å²) in [4.78, 5) is 32.3. The molecule has 0 atom stereocenters. The highest BCUT2D eigenvalue weighted by atomic mass is 19.1. The van der Waals surface area contributed by atoms with Gasteiger partial charge in [-0.25, -0.2) is 13.9 Å². The Kier molecular flexibility index (Phi) is 7.59. The van der Waals surface area contributed by atoms with Gasteiger partial charge in [-0.3, -0.25) is 4.79 Å². The molecule has 0 saturated carbocycles. The number of likely N-dealkylation sites (tertiary alicyclic amines) is 1. The quantitative estimate of drug-likeness (QED) is 0.467. The van der Waals surface area contributed by atoms with Gasteiger partial charge in [0.1, 0.15) is 11.4 Å². The second kappa shape index (κ2) is 11.1. The van der Waals surface area contributed by atoms with Gasteiger partial charge in [-0.05, 0) is 63.9 Å². The van der Waals surface area contributed by atoms with Gasteiger partial charge in [0.15, 0.2) is 0 Å². The molecule has 1 aromatic heterocycles. The Balaban J connectivity index is 1.36. The van der Waals surface area contributed by atoms with Crippen molar-refractivity contribution in [3.8, 4) is 5.69 Å². The van der Waals surface area contributed by atoms with Crippen molar-refractivity contribution in [3.05, 3.63) is 77.9 Å². The minimum absolute atomic E-state index is 0.0148. The predicted octanol–water partition coefficient (Wildman–Crippen LogP) is 5.09. The Morgan fingerprint density at radius 2 is 1.54 bits per heavy atom. The van der Waals surface area contributed by atoms with Gasteiger partial charge in [-0.2, -0.15) is 5.10 Å². The molecule has 0 spiro atoms. The molecule has 0 radical (unpaired) electrons. The Labute approximate surface area is 228 Å². The van der Waals surface area contributed by atoms with Crippen LogP contribution in [0.3, 0.4) is 0 Å². The van der Waals surface area contributed by atoms with Crippen LogP contribution >= 0.6 is 0 Å². The lowest BCUT2D eigenvalue weighted by atomic mass is 9.90. The van der Waals surface area contributed by atoms with Crippen LogP contribution in [0.2, 0.25) is 0 Å². The van der Waals surface area contributed by atoms with E-state index in [1.807, 2.05) is 43.9 Å². The summed E-state index contributed by atoms with van der Waals surface area (Å²) in [5.41, 5.74) is 2.49. The van der Waals surface area contributed by atoms with Crippen molar-refractivity contribution in [2.24, 2.45) is 0 Å². The largest absolute Gasteiger partial charge is 0.444 e. The van der Waals surface area contributed by atoms with Gasteiger partial charge in [-0.1, -0.05) is 24.3 Å². The molecule has 206 valence electrons. The van der Waals surface area contributed by atoms with E-state index in [9.17, 15) is 14.0 Å². The smallest absolute Gasteiger partial charge is 0.410 e. The lowest BCUT2D eigenvalue weighted by molar-refractivity contribution is 0.0203. The number of hydrogen-bond acceptors (Lipinski definition) is 5. The van der Waals surface area contributed by atoms with E-state index in [4.69, 9.17) is 4.74 Å². The van der Waals surface area contributed by atoms with Gasteiger partial charge in [0, 0.05) is 50.9 Å². The van der Waals surface area contributed by atoms with Crippen molar-refractivity contribution in [2.45, 2.75) is 45.1 Å². The van der Waals surface area contributed by atoms with E-state index >= 15 is 0 Å². The summed E-state index contributed by atoms with van der Waals surface area (Å²) >= 11 is 0. The molecule has 8 nitrogen and oxygen atoms in total. The van der Waals surface area contributed by atoms with Crippen LogP contribution < -0.4 is 4.90 Å². The van der Waals surface area contributed by atoms with Crippen LogP contribution in [-0.4, -0.2) is 76.5 Å². The normalized spacial score (nSPS) is 16.9. The van der Waals surface area contributed by atoms with Crippen LogP contribution in [0.4, 0.5) is 14.9 Å². The number of carbonyl (C=O) groups excluding carboxylic acids is 2. The molecule has 3 aromatic rings. The van der Waals surface area contributed by atoms with E-state index in [0.29, 0.717) is 50.3 Å². The number of piperazine rings is 1. The summed E-state index contributed by atoms with van der Waals surface area (Å²) in [6.45, 7) is 9.29. The van der Waals surface area contributed by atoms with Crippen molar-refractivity contribution in [1.29, 1.82) is 0 Å². The summed E-state index contributed by atoms with van der Waals surface area (Å²) in [7, 11) is 0. The van der Waals surface area contributed by atoms with Crippen LogP contribution in [0.15, 0.2) is 60.8 Å². The summed E-state index contributed by atoms with van der Waals surface area (Å²) in [6, 6.07) is 16.5. The van der Waals surface area contributed by atoms with E-state index < -0.39 is 5.60 Å². The average molecular weight is 534 g/mol. The third-order valence-electron chi connectivity index (χ3n) is 7.31. The molecule has 39 heavy (non-hydrogen) atoms. The minimum Gasteiger partial charge on any atom is -0.444 e. The molecule has 0 aliphatic carbocycles. The van der Waals surface area contributed by atoms with Gasteiger partial charge >= 0.3 is 6.09 Å². The number of nitrogens with zero attached hydrogens (tertiary/aromatic N) is 5. The van der Waals surface area contributed by atoms with Crippen molar-refractivity contribution in [1.82, 2.24) is 19.6 Å². The van der Waals surface area contributed by atoms with Crippen LogP contribution in [0.5, 0.6) is 0 Å². The first-order valence-corrected chi connectivity index (χ1v) is 13.6. The van der Waals surface area contributed by atoms with Gasteiger partial charge < -0.3 is 19.4 Å². The molecule has 0 unspecified atom stereocenters. The molecule has 0 bridgehead atoms. The number of aromatic nitrogens is 2. The van der Waals surface area contributed by atoms with Gasteiger partial charge in [0.05, 0.1) is 23.1 Å². The number of para-hydroxylation sites is 1. The van der Waals surface area contributed by atoms with Crippen LogP contribution in [0.1, 0.15) is 55.6 Å². The number of benzene rings is 2. The lowest BCUT2D eigenvalue weighted by Crippen LogP contribution is -2.49. The standard InChI is InChI=1S/C30H36FN5O3/c1-30(2,3)39-29(38)35-14-12-22(13-15-35)27-26(21-32-36(27)25-11-7-8-23(31)20-25)28(37)34-18-16-33(17-19-34)24-9-5-4-6-10-24/h4-11,20-22H,12-19H2,1-3H3. The SMILES string of the molecule is CC(C)(C)OC(=O)N1CCC(c2c(C(=O)N3CCN(c4ccccc4)CC3)cnn2-c2cccc(F)c2)CC1. The molecule has 2 aliphatic rings. The Bertz CT molecular complexity index is 1300. The topological polar surface area (TPSA) is 70.9 Å². The number of anilines is 1. The van der Waals surface area contributed by atoms with E-state index in [1.165, 1.54) is 12.1 Å². The molecule has 2 amide bonds. The van der Waals surface area contributed by atoms with E-state index in [1.54, 1.807) is 27.9 Å². The molecule has 3 heterocycles. The first-order chi connectivity index (χ1) is 18.7. The summed E-state index contributed by atoms with van der Waals surface area (Å²) in [6.07, 6.45) is 2.60.